The van der Waals surface area contributed by atoms with Gasteiger partial charge in [-0.15, -0.1) is 0 Å². The Hall–Kier alpha value is -3.22. The SMILES string of the molecule is CCOc1ccc(NC(=O)CCc2nc(-c3ccccn3)no2)cc1. The van der Waals surface area contributed by atoms with Crippen molar-refractivity contribution in [3.8, 4) is 17.3 Å². The van der Waals surface area contributed by atoms with Gasteiger partial charge in [-0.2, -0.15) is 4.98 Å². The van der Waals surface area contributed by atoms with Gasteiger partial charge in [-0.3, -0.25) is 9.78 Å². The monoisotopic (exact) mass is 338 g/mol. The highest BCUT2D eigenvalue weighted by Crippen LogP contribution is 2.16. The van der Waals surface area contributed by atoms with Gasteiger partial charge in [0, 0.05) is 24.7 Å². The number of hydrogen-bond donors (Lipinski definition) is 1. The minimum atomic E-state index is -0.123. The Balaban J connectivity index is 1.51. The molecular formula is C18H18N4O3. The number of pyridine rings is 1. The van der Waals surface area contributed by atoms with Crippen LogP contribution in [0.15, 0.2) is 53.2 Å². The lowest BCUT2D eigenvalue weighted by Gasteiger charge is -2.06. The van der Waals surface area contributed by atoms with E-state index in [1.807, 2.05) is 31.2 Å². The number of hydrogen-bond acceptors (Lipinski definition) is 6. The van der Waals surface area contributed by atoms with Crippen molar-refractivity contribution in [1.82, 2.24) is 15.1 Å². The minimum absolute atomic E-state index is 0.123. The highest BCUT2D eigenvalue weighted by molar-refractivity contribution is 5.90. The normalized spacial score (nSPS) is 10.4. The zero-order chi connectivity index (χ0) is 17.5. The van der Waals surface area contributed by atoms with Crippen molar-refractivity contribution in [2.24, 2.45) is 0 Å². The molecule has 0 saturated heterocycles. The molecule has 0 bridgehead atoms. The molecule has 0 unspecified atom stereocenters. The molecule has 1 N–H and O–H groups in total. The van der Waals surface area contributed by atoms with Gasteiger partial charge in [-0.05, 0) is 43.3 Å². The van der Waals surface area contributed by atoms with Crippen molar-refractivity contribution in [1.29, 1.82) is 0 Å². The van der Waals surface area contributed by atoms with Gasteiger partial charge in [0.1, 0.15) is 11.4 Å². The topological polar surface area (TPSA) is 90.1 Å². The molecule has 7 heteroatoms. The van der Waals surface area contributed by atoms with Crippen molar-refractivity contribution in [3.05, 3.63) is 54.6 Å². The maximum Gasteiger partial charge on any atom is 0.227 e. The number of anilines is 1. The molecule has 3 rings (SSSR count). The number of ether oxygens (including phenoxy) is 1. The predicted molar refractivity (Wildman–Crippen MR) is 92.1 cm³/mol. The first-order chi connectivity index (χ1) is 12.2. The lowest BCUT2D eigenvalue weighted by Crippen LogP contribution is -2.12. The molecule has 0 atom stereocenters. The maximum atomic E-state index is 12.0. The lowest BCUT2D eigenvalue weighted by atomic mass is 10.2. The van der Waals surface area contributed by atoms with E-state index in [0.29, 0.717) is 36.1 Å². The molecule has 1 aromatic carbocycles. The first kappa shape index (κ1) is 16.6. The average Bonchev–Trinajstić information content (AvgIpc) is 3.12. The predicted octanol–water partition coefficient (Wildman–Crippen LogP) is 3.10. The zero-order valence-corrected chi connectivity index (χ0v) is 13.8. The third-order valence-electron chi connectivity index (χ3n) is 3.38. The van der Waals surface area contributed by atoms with E-state index in [2.05, 4.69) is 20.4 Å². The van der Waals surface area contributed by atoms with Gasteiger partial charge in [0.2, 0.25) is 17.6 Å². The van der Waals surface area contributed by atoms with Gasteiger partial charge in [0.25, 0.3) is 0 Å². The van der Waals surface area contributed by atoms with Crippen molar-refractivity contribution in [2.75, 3.05) is 11.9 Å². The molecule has 3 aromatic rings. The van der Waals surface area contributed by atoms with Crippen molar-refractivity contribution in [2.45, 2.75) is 19.8 Å². The molecule has 0 aliphatic heterocycles. The summed E-state index contributed by atoms with van der Waals surface area (Å²) in [4.78, 5) is 20.4. The number of aromatic nitrogens is 3. The molecule has 128 valence electrons. The zero-order valence-electron chi connectivity index (χ0n) is 13.8. The number of rotatable bonds is 7. The summed E-state index contributed by atoms with van der Waals surface area (Å²) in [5, 5.41) is 6.70. The van der Waals surface area contributed by atoms with Crippen molar-refractivity contribution in [3.63, 3.8) is 0 Å². The van der Waals surface area contributed by atoms with Gasteiger partial charge in [0.05, 0.1) is 6.61 Å². The summed E-state index contributed by atoms with van der Waals surface area (Å²) in [6.45, 7) is 2.53. The summed E-state index contributed by atoms with van der Waals surface area (Å²) in [7, 11) is 0. The van der Waals surface area contributed by atoms with Crippen LogP contribution in [-0.2, 0) is 11.2 Å². The van der Waals surface area contributed by atoms with Gasteiger partial charge in [0.15, 0.2) is 0 Å². The molecule has 7 nitrogen and oxygen atoms in total. The van der Waals surface area contributed by atoms with Crippen LogP contribution in [-0.4, -0.2) is 27.6 Å². The molecule has 25 heavy (non-hydrogen) atoms. The summed E-state index contributed by atoms with van der Waals surface area (Å²) in [5.41, 5.74) is 1.35. The van der Waals surface area contributed by atoms with E-state index in [4.69, 9.17) is 9.26 Å². The standard InChI is InChI=1S/C18H18N4O3/c1-2-24-14-8-6-13(7-9-14)20-16(23)10-11-17-21-18(22-25-17)15-5-3-4-12-19-15/h3-9,12H,2,10-11H2,1H3,(H,20,23). The third-order valence-corrected chi connectivity index (χ3v) is 3.38. The van der Waals surface area contributed by atoms with Gasteiger partial charge in [-0.25, -0.2) is 0 Å². The Labute approximate surface area is 145 Å². The van der Waals surface area contributed by atoms with Crippen molar-refractivity contribution >= 4 is 11.6 Å². The molecular weight excluding hydrogens is 320 g/mol. The van der Waals surface area contributed by atoms with Crippen LogP contribution in [0.1, 0.15) is 19.2 Å². The number of benzene rings is 1. The number of nitrogens with zero attached hydrogens (tertiary/aromatic N) is 3. The largest absolute Gasteiger partial charge is 0.494 e. The van der Waals surface area contributed by atoms with Crippen LogP contribution < -0.4 is 10.1 Å². The van der Waals surface area contributed by atoms with Crippen molar-refractivity contribution < 1.29 is 14.1 Å². The summed E-state index contributed by atoms with van der Waals surface area (Å²) in [6.07, 6.45) is 2.27. The second-order valence-corrected chi connectivity index (χ2v) is 5.23. The molecule has 0 aliphatic carbocycles. The fourth-order valence-electron chi connectivity index (χ4n) is 2.20. The lowest BCUT2D eigenvalue weighted by molar-refractivity contribution is -0.116. The molecule has 0 saturated carbocycles. The molecule has 0 radical (unpaired) electrons. The fourth-order valence-corrected chi connectivity index (χ4v) is 2.20. The molecule has 2 aromatic heterocycles. The third kappa shape index (κ3) is 4.63. The van der Waals surface area contributed by atoms with Gasteiger partial charge < -0.3 is 14.6 Å². The second-order valence-electron chi connectivity index (χ2n) is 5.23. The Bertz CT molecular complexity index is 816. The Morgan fingerprint density at radius 1 is 1.20 bits per heavy atom. The molecule has 1 amide bonds. The van der Waals surface area contributed by atoms with Crippen LogP contribution in [0.2, 0.25) is 0 Å². The van der Waals surface area contributed by atoms with Crippen LogP contribution in [0.4, 0.5) is 5.69 Å². The molecule has 0 spiro atoms. The highest BCUT2D eigenvalue weighted by Gasteiger charge is 2.11. The molecule has 2 heterocycles. The van der Waals surface area contributed by atoms with Gasteiger partial charge in [-0.1, -0.05) is 11.2 Å². The van der Waals surface area contributed by atoms with E-state index in [1.165, 1.54) is 0 Å². The number of carbonyl (C=O) groups excluding carboxylic acids is 1. The first-order valence-electron chi connectivity index (χ1n) is 8.01. The smallest absolute Gasteiger partial charge is 0.227 e. The van der Waals surface area contributed by atoms with E-state index in [0.717, 1.165) is 5.75 Å². The Morgan fingerprint density at radius 3 is 2.76 bits per heavy atom. The summed E-state index contributed by atoms with van der Waals surface area (Å²) in [6, 6.07) is 12.7. The van der Waals surface area contributed by atoms with Crippen LogP contribution in [0.5, 0.6) is 5.75 Å². The second kappa shape index (κ2) is 8.05. The number of aryl methyl sites for hydroxylation is 1. The average molecular weight is 338 g/mol. The van der Waals surface area contributed by atoms with Crippen LogP contribution >= 0.6 is 0 Å². The van der Waals surface area contributed by atoms with E-state index >= 15 is 0 Å². The van der Waals surface area contributed by atoms with Gasteiger partial charge >= 0.3 is 0 Å². The summed E-state index contributed by atoms with van der Waals surface area (Å²) in [5.74, 6) is 1.47. The number of nitrogens with one attached hydrogen (secondary N) is 1. The van der Waals surface area contributed by atoms with Crippen LogP contribution in [0, 0.1) is 0 Å². The van der Waals surface area contributed by atoms with Crippen LogP contribution in [0.3, 0.4) is 0 Å². The Kier molecular flexibility index (Phi) is 5.36. The molecule has 0 aliphatic rings. The van der Waals surface area contributed by atoms with E-state index in [1.54, 1.807) is 24.4 Å². The molecule has 0 fully saturated rings. The number of carbonyl (C=O) groups is 1. The maximum absolute atomic E-state index is 12.0. The Morgan fingerprint density at radius 2 is 2.04 bits per heavy atom. The summed E-state index contributed by atoms with van der Waals surface area (Å²) >= 11 is 0. The van der Waals surface area contributed by atoms with E-state index < -0.39 is 0 Å². The first-order valence-corrected chi connectivity index (χ1v) is 8.01. The van der Waals surface area contributed by atoms with Crippen LogP contribution in [0.25, 0.3) is 11.5 Å². The van der Waals surface area contributed by atoms with E-state index in [9.17, 15) is 4.79 Å². The minimum Gasteiger partial charge on any atom is -0.494 e. The highest BCUT2D eigenvalue weighted by atomic mass is 16.5. The quantitative estimate of drug-likeness (QED) is 0.712. The number of amides is 1. The summed E-state index contributed by atoms with van der Waals surface area (Å²) < 4.78 is 10.5. The van der Waals surface area contributed by atoms with E-state index in [-0.39, 0.29) is 12.3 Å². The fraction of sp³-hybridized carbons (Fsp3) is 0.222.